The first kappa shape index (κ1) is 25.2. The second-order valence-electron chi connectivity index (χ2n) is 9.18. The van der Waals surface area contributed by atoms with Crippen LogP contribution in [0.4, 0.5) is 21.6 Å². The van der Waals surface area contributed by atoms with Gasteiger partial charge in [-0.15, -0.1) is 0 Å². The Balaban J connectivity index is 1.97. The molecular weight excluding hydrogens is 441 g/mol. The predicted molar refractivity (Wildman–Crippen MR) is 129 cm³/mol. The van der Waals surface area contributed by atoms with Gasteiger partial charge in [-0.25, -0.2) is 9.18 Å². The van der Waals surface area contributed by atoms with Crippen LogP contribution in [-0.2, 0) is 16.1 Å². The van der Waals surface area contributed by atoms with Crippen LogP contribution in [0.25, 0.3) is 0 Å². The van der Waals surface area contributed by atoms with E-state index in [4.69, 9.17) is 5.73 Å². The van der Waals surface area contributed by atoms with E-state index in [1.54, 1.807) is 19.1 Å². The number of unbranched alkanes of at least 4 members (excludes halogenated alkanes) is 1. The smallest absolute Gasteiger partial charge is 0.330 e. The molecular formula is C24H32FN5O4. The predicted octanol–water partition coefficient (Wildman–Crippen LogP) is 2.41. The van der Waals surface area contributed by atoms with Crippen molar-refractivity contribution >= 4 is 29.0 Å². The molecule has 1 fully saturated rings. The van der Waals surface area contributed by atoms with E-state index in [1.807, 2.05) is 20.8 Å². The summed E-state index contributed by atoms with van der Waals surface area (Å²) in [6.07, 6.45) is 1.41. The Morgan fingerprint density at radius 3 is 2.62 bits per heavy atom. The van der Waals surface area contributed by atoms with Crippen LogP contribution in [0.3, 0.4) is 0 Å². The van der Waals surface area contributed by atoms with Gasteiger partial charge in [0.25, 0.3) is 5.56 Å². The van der Waals surface area contributed by atoms with Crippen molar-refractivity contribution in [1.29, 1.82) is 0 Å². The van der Waals surface area contributed by atoms with Crippen LogP contribution >= 0.6 is 0 Å². The van der Waals surface area contributed by atoms with Gasteiger partial charge in [-0.05, 0) is 37.0 Å². The Hall–Kier alpha value is -3.43. The first-order valence-electron chi connectivity index (χ1n) is 11.6. The number of H-pyrrole nitrogens is 1. The molecule has 1 aliphatic heterocycles. The summed E-state index contributed by atoms with van der Waals surface area (Å²) in [5.41, 5.74) is 5.63. The third kappa shape index (κ3) is 5.05. The molecule has 1 aromatic heterocycles. The number of carbonyl (C=O) groups excluding carboxylic acids is 2. The van der Waals surface area contributed by atoms with Crippen LogP contribution in [0.5, 0.6) is 0 Å². The molecule has 184 valence electrons. The Bertz CT molecular complexity index is 1200. The van der Waals surface area contributed by atoms with Gasteiger partial charge in [-0.3, -0.25) is 23.9 Å². The first-order chi connectivity index (χ1) is 16.0. The average molecular weight is 474 g/mol. The number of nitrogens with zero attached hydrogens (tertiary/aromatic N) is 3. The number of nitrogen functional groups attached to an aromatic ring is 1. The highest BCUT2D eigenvalue weighted by molar-refractivity contribution is 6.05. The number of aromatic amines is 1. The van der Waals surface area contributed by atoms with Crippen molar-refractivity contribution in [2.24, 2.45) is 11.8 Å². The van der Waals surface area contributed by atoms with E-state index in [9.17, 15) is 23.6 Å². The third-order valence-electron chi connectivity index (χ3n) is 5.97. The lowest BCUT2D eigenvalue weighted by atomic mass is 10.1. The van der Waals surface area contributed by atoms with E-state index < -0.39 is 28.9 Å². The molecule has 0 bridgehead atoms. The minimum absolute atomic E-state index is 0.0156. The van der Waals surface area contributed by atoms with Crippen LogP contribution in [0, 0.1) is 24.6 Å². The summed E-state index contributed by atoms with van der Waals surface area (Å²) in [7, 11) is 0. The molecule has 2 heterocycles. The summed E-state index contributed by atoms with van der Waals surface area (Å²) in [4.78, 5) is 56.4. The normalized spacial score (nSPS) is 15.9. The third-order valence-corrected chi connectivity index (χ3v) is 5.97. The molecule has 0 aliphatic carbocycles. The van der Waals surface area contributed by atoms with E-state index in [0.717, 1.165) is 6.42 Å². The molecule has 0 radical (unpaired) electrons. The Morgan fingerprint density at radius 2 is 2.00 bits per heavy atom. The van der Waals surface area contributed by atoms with Gasteiger partial charge in [0, 0.05) is 31.7 Å². The summed E-state index contributed by atoms with van der Waals surface area (Å²) in [6.45, 7) is 7.92. The Labute approximate surface area is 197 Å². The number of hydrogen-bond acceptors (Lipinski definition) is 5. The van der Waals surface area contributed by atoms with Gasteiger partial charge < -0.3 is 15.5 Å². The van der Waals surface area contributed by atoms with Gasteiger partial charge in [0.1, 0.15) is 11.6 Å². The number of hydrogen-bond donors (Lipinski definition) is 2. The second kappa shape index (κ2) is 10.2. The largest absolute Gasteiger partial charge is 0.383 e. The number of nitrogens with two attached hydrogens (primary N) is 1. The standard InChI is InChI=1S/C24H32FN5O4/c1-5-6-9-28-21(26)20(22(32)27-24(28)34)30(12-14(2)3)23(33)16-10-19(31)29(13-16)17-8-7-15(4)18(25)11-17/h7-8,11,14,16H,5-6,9-10,12-13,26H2,1-4H3,(H,27,32,34). The summed E-state index contributed by atoms with van der Waals surface area (Å²) in [5, 5.41) is 0. The number of aryl methyl sites for hydroxylation is 1. The minimum atomic E-state index is -0.745. The van der Waals surface area contributed by atoms with Crippen molar-refractivity contribution in [3.05, 3.63) is 50.4 Å². The van der Waals surface area contributed by atoms with Gasteiger partial charge in [-0.1, -0.05) is 33.3 Å². The molecule has 10 heteroatoms. The van der Waals surface area contributed by atoms with Gasteiger partial charge in [0.05, 0.1) is 5.92 Å². The van der Waals surface area contributed by atoms with Gasteiger partial charge in [0.15, 0.2) is 5.69 Å². The lowest BCUT2D eigenvalue weighted by molar-refractivity contribution is -0.124. The maximum absolute atomic E-state index is 14.1. The fourth-order valence-electron chi connectivity index (χ4n) is 4.13. The van der Waals surface area contributed by atoms with Crippen molar-refractivity contribution < 1.29 is 14.0 Å². The monoisotopic (exact) mass is 473 g/mol. The molecule has 2 aromatic rings. The number of amides is 2. The quantitative estimate of drug-likeness (QED) is 0.610. The van der Waals surface area contributed by atoms with Crippen LogP contribution in [-0.4, -0.2) is 34.5 Å². The molecule has 3 N–H and O–H groups in total. The molecule has 1 aromatic carbocycles. The molecule has 0 saturated carbocycles. The van der Waals surface area contributed by atoms with Crippen LogP contribution in [0.2, 0.25) is 0 Å². The molecule has 9 nitrogen and oxygen atoms in total. The molecule has 3 rings (SSSR count). The van der Waals surface area contributed by atoms with E-state index in [0.29, 0.717) is 24.2 Å². The van der Waals surface area contributed by atoms with E-state index in [2.05, 4.69) is 4.98 Å². The molecule has 1 aliphatic rings. The van der Waals surface area contributed by atoms with E-state index >= 15 is 0 Å². The van der Waals surface area contributed by atoms with Crippen LogP contribution in [0.15, 0.2) is 27.8 Å². The second-order valence-corrected chi connectivity index (χ2v) is 9.18. The number of rotatable bonds is 8. The molecule has 1 unspecified atom stereocenters. The number of carbonyl (C=O) groups is 2. The zero-order valence-corrected chi connectivity index (χ0v) is 20.1. The summed E-state index contributed by atoms with van der Waals surface area (Å²) in [5.74, 6) is -2.01. The number of benzene rings is 1. The average Bonchev–Trinajstić information content (AvgIpc) is 3.15. The van der Waals surface area contributed by atoms with Crippen molar-refractivity contribution in [2.45, 2.75) is 53.5 Å². The van der Waals surface area contributed by atoms with Gasteiger partial charge >= 0.3 is 5.69 Å². The SMILES string of the molecule is CCCCn1c(N)c(N(CC(C)C)C(=O)C2CC(=O)N(c3ccc(C)c(F)c3)C2)c(=O)[nH]c1=O. The van der Waals surface area contributed by atoms with E-state index in [-0.39, 0.29) is 42.8 Å². The number of aromatic nitrogens is 2. The molecule has 1 atom stereocenters. The van der Waals surface area contributed by atoms with Crippen molar-refractivity contribution in [2.75, 3.05) is 28.6 Å². The minimum Gasteiger partial charge on any atom is -0.383 e. The molecule has 34 heavy (non-hydrogen) atoms. The zero-order valence-electron chi connectivity index (χ0n) is 20.1. The lowest BCUT2D eigenvalue weighted by Gasteiger charge is -2.28. The highest BCUT2D eigenvalue weighted by Gasteiger charge is 2.39. The maximum Gasteiger partial charge on any atom is 0.330 e. The fourth-order valence-corrected chi connectivity index (χ4v) is 4.13. The zero-order chi connectivity index (χ0) is 25.2. The highest BCUT2D eigenvalue weighted by Crippen LogP contribution is 2.30. The van der Waals surface area contributed by atoms with Crippen molar-refractivity contribution in [3.63, 3.8) is 0 Å². The van der Waals surface area contributed by atoms with Crippen molar-refractivity contribution in [1.82, 2.24) is 9.55 Å². The van der Waals surface area contributed by atoms with Crippen LogP contribution < -0.4 is 26.8 Å². The molecule has 2 amide bonds. The molecule has 1 saturated heterocycles. The Kier molecular flexibility index (Phi) is 7.58. The fraction of sp³-hybridized carbons (Fsp3) is 0.500. The number of halogens is 1. The Morgan fingerprint density at radius 1 is 1.29 bits per heavy atom. The summed E-state index contributed by atoms with van der Waals surface area (Å²) < 4.78 is 15.3. The van der Waals surface area contributed by atoms with Gasteiger partial charge in [-0.2, -0.15) is 0 Å². The topological polar surface area (TPSA) is 121 Å². The van der Waals surface area contributed by atoms with Gasteiger partial charge in [0.2, 0.25) is 11.8 Å². The van der Waals surface area contributed by atoms with E-state index in [1.165, 1.54) is 20.4 Å². The van der Waals surface area contributed by atoms with Crippen molar-refractivity contribution in [3.8, 4) is 0 Å². The molecule has 0 spiro atoms. The number of nitrogens with one attached hydrogen (secondary N) is 1. The summed E-state index contributed by atoms with van der Waals surface area (Å²) in [6, 6.07) is 4.50. The first-order valence-corrected chi connectivity index (χ1v) is 11.6. The highest BCUT2D eigenvalue weighted by atomic mass is 19.1. The number of anilines is 3. The lowest BCUT2D eigenvalue weighted by Crippen LogP contribution is -2.45. The van der Waals surface area contributed by atoms with Crippen LogP contribution in [0.1, 0.15) is 45.6 Å². The maximum atomic E-state index is 14.1. The summed E-state index contributed by atoms with van der Waals surface area (Å²) >= 11 is 0.